The first-order valence-corrected chi connectivity index (χ1v) is 6.81. The van der Waals surface area contributed by atoms with Gasteiger partial charge in [0.05, 0.1) is 12.8 Å². The average Bonchev–Trinajstić information content (AvgIpc) is 2.37. The van der Waals surface area contributed by atoms with Crippen molar-refractivity contribution in [2.75, 3.05) is 26.0 Å². The molecule has 3 unspecified atom stereocenters. The maximum absolute atomic E-state index is 13.2. The molecule has 3 atom stereocenters. The van der Waals surface area contributed by atoms with Crippen LogP contribution in [0.15, 0.2) is 18.2 Å². The third kappa shape index (κ3) is 3.18. The SMILES string of the molecule is COc1cc(F)ccc1NC1CC(C)N(C)CC1C. The van der Waals surface area contributed by atoms with Crippen LogP contribution in [0.1, 0.15) is 20.3 Å². The van der Waals surface area contributed by atoms with Gasteiger partial charge >= 0.3 is 0 Å². The van der Waals surface area contributed by atoms with Gasteiger partial charge in [0.2, 0.25) is 0 Å². The molecule has 2 rings (SSSR count). The summed E-state index contributed by atoms with van der Waals surface area (Å²) >= 11 is 0. The highest BCUT2D eigenvalue weighted by molar-refractivity contribution is 5.57. The van der Waals surface area contributed by atoms with Crippen LogP contribution in [0.4, 0.5) is 10.1 Å². The van der Waals surface area contributed by atoms with Crippen molar-refractivity contribution in [2.45, 2.75) is 32.4 Å². The number of likely N-dealkylation sites (tertiary alicyclic amines) is 1. The molecule has 4 heteroatoms. The zero-order valence-electron chi connectivity index (χ0n) is 12.1. The van der Waals surface area contributed by atoms with Crippen molar-refractivity contribution in [1.82, 2.24) is 4.90 Å². The Kier molecular flexibility index (Phi) is 4.30. The second kappa shape index (κ2) is 5.78. The van der Waals surface area contributed by atoms with Gasteiger partial charge in [0.15, 0.2) is 0 Å². The molecule has 1 fully saturated rings. The third-order valence-electron chi connectivity index (χ3n) is 4.11. The largest absolute Gasteiger partial charge is 0.494 e. The van der Waals surface area contributed by atoms with Crippen LogP contribution in [0, 0.1) is 11.7 Å². The van der Waals surface area contributed by atoms with Crippen molar-refractivity contribution in [3.63, 3.8) is 0 Å². The van der Waals surface area contributed by atoms with Crippen LogP contribution < -0.4 is 10.1 Å². The number of benzene rings is 1. The second-order valence-corrected chi connectivity index (χ2v) is 5.60. The molecule has 1 aliphatic heterocycles. The quantitative estimate of drug-likeness (QED) is 0.910. The summed E-state index contributed by atoms with van der Waals surface area (Å²) in [5.74, 6) is 0.849. The number of hydrogen-bond acceptors (Lipinski definition) is 3. The number of halogens is 1. The van der Waals surface area contributed by atoms with Gasteiger partial charge in [0.25, 0.3) is 0 Å². The lowest BCUT2D eigenvalue weighted by molar-refractivity contribution is 0.145. The molecule has 1 saturated heterocycles. The molecule has 0 spiro atoms. The first-order chi connectivity index (χ1) is 9.01. The van der Waals surface area contributed by atoms with E-state index in [1.165, 1.54) is 12.1 Å². The lowest BCUT2D eigenvalue weighted by atomic mass is 9.89. The van der Waals surface area contributed by atoms with Gasteiger partial charge in [-0.25, -0.2) is 4.39 Å². The van der Waals surface area contributed by atoms with Crippen LogP contribution >= 0.6 is 0 Å². The Bertz CT molecular complexity index is 438. The Labute approximate surface area is 114 Å². The molecule has 19 heavy (non-hydrogen) atoms. The average molecular weight is 266 g/mol. The van der Waals surface area contributed by atoms with Gasteiger partial charge in [0.1, 0.15) is 11.6 Å². The summed E-state index contributed by atoms with van der Waals surface area (Å²) in [6.45, 7) is 5.56. The van der Waals surface area contributed by atoms with Crippen molar-refractivity contribution in [3.8, 4) is 5.75 Å². The maximum atomic E-state index is 13.2. The molecule has 0 radical (unpaired) electrons. The molecule has 1 N–H and O–H groups in total. The summed E-state index contributed by atoms with van der Waals surface area (Å²) in [6.07, 6.45) is 1.08. The van der Waals surface area contributed by atoms with E-state index in [0.29, 0.717) is 23.8 Å². The van der Waals surface area contributed by atoms with Gasteiger partial charge in [-0.2, -0.15) is 0 Å². The Balaban J connectivity index is 2.12. The van der Waals surface area contributed by atoms with E-state index in [-0.39, 0.29) is 5.82 Å². The molecule has 0 bridgehead atoms. The lowest BCUT2D eigenvalue weighted by Gasteiger charge is -2.40. The second-order valence-electron chi connectivity index (χ2n) is 5.60. The Morgan fingerprint density at radius 3 is 2.79 bits per heavy atom. The van der Waals surface area contributed by atoms with Crippen LogP contribution in [-0.2, 0) is 0 Å². The minimum atomic E-state index is -0.271. The smallest absolute Gasteiger partial charge is 0.144 e. The van der Waals surface area contributed by atoms with Crippen LogP contribution in [0.5, 0.6) is 5.75 Å². The fraction of sp³-hybridized carbons (Fsp3) is 0.600. The first kappa shape index (κ1) is 14.1. The van der Waals surface area contributed by atoms with Crippen LogP contribution in [0.25, 0.3) is 0 Å². The van der Waals surface area contributed by atoms with Gasteiger partial charge in [-0.3, -0.25) is 0 Å². The van der Waals surface area contributed by atoms with Gasteiger partial charge in [-0.05, 0) is 38.4 Å². The highest BCUT2D eigenvalue weighted by atomic mass is 19.1. The molecule has 3 nitrogen and oxygen atoms in total. The number of hydrogen-bond donors (Lipinski definition) is 1. The fourth-order valence-corrected chi connectivity index (χ4v) is 2.73. The van der Waals surface area contributed by atoms with Crippen molar-refractivity contribution in [1.29, 1.82) is 0 Å². The molecule has 1 aromatic carbocycles. The minimum Gasteiger partial charge on any atom is -0.494 e. The van der Waals surface area contributed by atoms with E-state index in [4.69, 9.17) is 4.74 Å². The van der Waals surface area contributed by atoms with Gasteiger partial charge in [-0.1, -0.05) is 6.92 Å². The van der Waals surface area contributed by atoms with Crippen LogP contribution in [0.2, 0.25) is 0 Å². The zero-order valence-corrected chi connectivity index (χ0v) is 12.1. The van der Waals surface area contributed by atoms with Crippen molar-refractivity contribution in [3.05, 3.63) is 24.0 Å². The molecule has 0 amide bonds. The number of rotatable bonds is 3. The summed E-state index contributed by atoms with van der Waals surface area (Å²) in [7, 11) is 3.73. The Hall–Kier alpha value is -1.29. The standard InChI is InChI=1S/C15H23FN2O/c1-10-9-18(3)11(2)7-14(10)17-13-6-5-12(16)8-15(13)19-4/h5-6,8,10-11,14,17H,7,9H2,1-4H3. The Morgan fingerprint density at radius 2 is 2.11 bits per heavy atom. The summed E-state index contributed by atoms with van der Waals surface area (Å²) in [4.78, 5) is 2.38. The van der Waals surface area contributed by atoms with Gasteiger partial charge < -0.3 is 15.0 Å². The number of nitrogens with one attached hydrogen (secondary N) is 1. The highest BCUT2D eigenvalue weighted by Gasteiger charge is 2.29. The number of piperidine rings is 1. The molecule has 1 heterocycles. The molecule has 106 valence electrons. The number of nitrogens with zero attached hydrogens (tertiary/aromatic N) is 1. The van der Waals surface area contributed by atoms with Crippen molar-refractivity contribution in [2.24, 2.45) is 5.92 Å². The van der Waals surface area contributed by atoms with E-state index in [1.54, 1.807) is 13.2 Å². The lowest BCUT2D eigenvalue weighted by Crippen LogP contribution is -2.48. The van der Waals surface area contributed by atoms with E-state index < -0.39 is 0 Å². The van der Waals surface area contributed by atoms with E-state index in [0.717, 1.165) is 18.7 Å². The predicted octanol–water partition coefficient (Wildman–Crippen LogP) is 2.97. The summed E-state index contributed by atoms with van der Waals surface area (Å²) < 4.78 is 18.4. The van der Waals surface area contributed by atoms with Gasteiger partial charge in [-0.15, -0.1) is 0 Å². The molecule has 1 aliphatic rings. The normalized spacial score (nSPS) is 28.2. The molecular formula is C15H23FN2O. The van der Waals surface area contributed by atoms with E-state index in [2.05, 4.69) is 31.1 Å². The van der Waals surface area contributed by atoms with Crippen molar-refractivity contribution < 1.29 is 9.13 Å². The maximum Gasteiger partial charge on any atom is 0.144 e. The first-order valence-electron chi connectivity index (χ1n) is 6.81. The zero-order chi connectivity index (χ0) is 14.0. The Morgan fingerprint density at radius 1 is 1.37 bits per heavy atom. The molecule has 0 saturated carbocycles. The van der Waals surface area contributed by atoms with Gasteiger partial charge in [0, 0.05) is 24.7 Å². The number of methoxy groups -OCH3 is 1. The fourth-order valence-electron chi connectivity index (χ4n) is 2.73. The monoisotopic (exact) mass is 266 g/mol. The summed E-state index contributed by atoms with van der Waals surface area (Å²) in [6, 6.07) is 5.59. The number of ether oxygens (including phenoxy) is 1. The highest BCUT2D eigenvalue weighted by Crippen LogP contribution is 2.30. The summed E-state index contributed by atoms with van der Waals surface area (Å²) in [5.41, 5.74) is 0.873. The molecule has 0 aliphatic carbocycles. The van der Waals surface area contributed by atoms with E-state index in [1.807, 2.05) is 0 Å². The van der Waals surface area contributed by atoms with Crippen molar-refractivity contribution >= 4 is 5.69 Å². The van der Waals surface area contributed by atoms with Crippen LogP contribution in [0.3, 0.4) is 0 Å². The van der Waals surface area contributed by atoms with E-state index in [9.17, 15) is 4.39 Å². The van der Waals surface area contributed by atoms with Crippen LogP contribution in [-0.4, -0.2) is 37.7 Å². The van der Waals surface area contributed by atoms with E-state index >= 15 is 0 Å². The molecular weight excluding hydrogens is 243 g/mol. The number of anilines is 1. The molecule has 1 aromatic rings. The predicted molar refractivity (Wildman–Crippen MR) is 76.2 cm³/mol. The topological polar surface area (TPSA) is 24.5 Å². The summed E-state index contributed by atoms with van der Waals surface area (Å²) in [5, 5.41) is 3.51. The molecule has 0 aromatic heterocycles. The third-order valence-corrected chi connectivity index (χ3v) is 4.11. The minimum absolute atomic E-state index is 0.271.